The highest BCUT2D eigenvalue weighted by Gasteiger charge is 2.41. The molecular weight excluding hydrogens is 208 g/mol. The molecule has 0 aromatic carbocycles. The topological polar surface area (TPSA) is 41.1 Å². The van der Waals surface area contributed by atoms with Gasteiger partial charge < -0.3 is 10.6 Å². The van der Waals surface area contributed by atoms with Gasteiger partial charge in [0.05, 0.1) is 0 Å². The van der Waals surface area contributed by atoms with Crippen LogP contribution in [0.1, 0.15) is 33.1 Å². The number of thioether (sulfide) groups is 1. The molecule has 0 radical (unpaired) electrons. The van der Waals surface area contributed by atoms with Crippen LogP contribution < -0.4 is 10.6 Å². The normalized spacial score (nSPS) is 17.9. The number of carbonyl (C=O) groups is 1. The van der Waals surface area contributed by atoms with Crippen molar-refractivity contribution in [2.75, 3.05) is 19.3 Å². The van der Waals surface area contributed by atoms with E-state index in [4.69, 9.17) is 0 Å². The van der Waals surface area contributed by atoms with Crippen molar-refractivity contribution < 1.29 is 4.79 Å². The molecule has 3 nitrogen and oxygen atoms in total. The zero-order valence-electron chi connectivity index (χ0n) is 9.93. The Morgan fingerprint density at radius 1 is 1.47 bits per heavy atom. The van der Waals surface area contributed by atoms with Crippen LogP contribution in [-0.2, 0) is 4.79 Å². The average molecular weight is 230 g/mol. The Kier molecular flexibility index (Phi) is 4.93. The van der Waals surface area contributed by atoms with Gasteiger partial charge in [0, 0.05) is 30.3 Å². The van der Waals surface area contributed by atoms with E-state index in [9.17, 15) is 4.79 Å². The third-order valence-electron chi connectivity index (χ3n) is 2.67. The fraction of sp³-hybridized carbons (Fsp3) is 0.909. The molecule has 1 aliphatic carbocycles. The molecule has 4 heteroatoms. The summed E-state index contributed by atoms with van der Waals surface area (Å²) in [5, 5.41) is 6.25. The van der Waals surface area contributed by atoms with Crippen LogP contribution in [0.3, 0.4) is 0 Å². The molecule has 0 unspecified atom stereocenters. The monoisotopic (exact) mass is 230 g/mol. The van der Waals surface area contributed by atoms with E-state index in [0.717, 1.165) is 13.1 Å². The molecule has 88 valence electrons. The van der Waals surface area contributed by atoms with Crippen LogP contribution in [0.2, 0.25) is 0 Å². The predicted octanol–water partition coefficient (Wildman–Crippen LogP) is 1.39. The highest BCUT2D eigenvalue weighted by atomic mass is 32.2. The molecule has 0 aromatic rings. The lowest BCUT2D eigenvalue weighted by molar-refractivity contribution is -0.121. The first-order valence-corrected chi connectivity index (χ1v) is 6.86. The van der Waals surface area contributed by atoms with Gasteiger partial charge in [-0.25, -0.2) is 0 Å². The minimum atomic E-state index is 0.145. The highest BCUT2D eigenvalue weighted by molar-refractivity contribution is 8.00. The van der Waals surface area contributed by atoms with Crippen molar-refractivity contribution in [2.45, 2.75) is 43.9 Å². The number of carbonyl (C=O) groups excluding carboxylic acids is 1. The number of hydrogen-bond donors (Lipinski definition) is 2. The summed E-state index contributed by atoms with van der Waals surface area (Å²) in [7, 11) is 0. The largest absolute Gasteiger partial charge is 0.354 e. The van der Waals surface area contributed by atoms with E-state index in [1.165, 1.54) is 12.8 Å². The van der Waals surface area contributed by atoms with Crippen LogP contribution in [0.25, 0.3) is 0 Å². The Balaban J connectivity index is 1.99. The van der Waals surface area contributed by atoms with Gasteiger partial charge in [-0.3, -0.25) is 4.79 Å². The summed E-state index contributed by atoms with van der Waals surface area (Å²) >= 11 is 1.94. The maximum Gasteiger partial charge on any atom is 0.221 e. The third kappa shape index (κ3) is 4.89. The Morgan fingerprint density at radius 2 is 2.13 bits per heavy atom. The van der Waals surface area contributed by atoms with Gasteiger partial charge >= 0.3 is 0 Å². The van der Waals surface area contributed by atoms with E-state index in [1.807, 2.05) is 25.6 Å². The summed E-state index contributed by atoms with van der Waals surface area (Å²) < 4.78 is 0.495. The lowest BCUT2D eigenvalue weighted by atomic mass is 10.3. The molecular formula is C11H22N2OS. The Hall–Kier alpha value is -0.220. The molecule has 15 heavy (non-hydrogen) atoms. The Bertz CT molecular complexity index is 215. The van der Waals surface area contributed by atoms with Crippen LogP contribution in [0, 0.1) is 0 Å². The maximum absolute atomic E-state index is 11.3. The van der Waals surface area contributed by atoms with E-state index in [2.05, 4.69) is 16.9 Å². The van der Waals surface area contributed by atoms with Crippen LogP contribution in [-0.4, -0.2) is 36.0 Å². The fourth-order valence-electron chi connectivity index (χ4n) is 1.50. The van der Waals surface area contributed by atoms with Gasteiger partial charge in [-0.15, -0.1) is 0 Å². The molecule has 0 aliphatic heterocycles. The Labute approximate surface area is 96.8 Å². The second kappa shape index (κ2) is 5.75. The van der Waals surface area contributed by atoms with Gasteiger partial charge in [0.1, 0.15) is 0 Å². The molecule has 0 spiro atoms. The summed E-state index contributed by atoms with van der Waals surface area (Å²) in [6.45, 7) is 5.81. The van der Waals surface area contributed by atoms with Gasteiger partial charge in [-0.05, 0) is 32.9 Å². The molecule has 0 saturated heterocycles. The molecule has 2 N–H and O–H groups in total. The first-order chi connectivity index (χ1) is 7.08. The first kappa shape index (κ1) is 12.8. The SMILES string of the molecule is CSC1(CNCCC(=O)NC(C)C)CC1. The summed E-state index contributed by atoms with van der Waals surface area (Å²) in [5.74, 6) is 0.145. The molecule has 1 amide bonds. The van der Waals surface area contributed by atoms with Crippen LogP contribution in [0.15, 0.2) is 0 Å². The van der Waals surface area contributed by atoms with E-state index < -0.39 is 0 Å². The van der Waals surface area contributed by atoms with Crippen molar-refractivity contribution >= 4 is 17.7 Å². The maximum atomic E-state index is 11.3. The Morgan fingerprint density at radius 3 is 2.60 bits per heavy atom. The van der Waals surface area contributed by atoms with Crippen molar-refractivity contribution in [3.8, 4) is 0 Å². The lowest BCUT2D eigenvalue weighted by Crippen LogP contribution is -2.34. The predicted molar refractivity (Wildman–Crippen MR) is 66.2 cm³/mol. The number of hydrogen-bond acceptors (Lipinski definition) is 3. The minimum Gasteiger partial charge on any atom is -0.354 e. The number of amides is 1. The van der Waals surface area contributed by atoms with E-state index >= 15 is 0 Å². The fourth-order valence-corrected chi connectivity index (χ4v) is 2.26. The van der Waals surface area contributed by atoms with Crippen molar-refractivity contribution in [1.29, 1.82) is 0 Å². The lowest BCUT2D eigenvalue weighted by Gasteiger charge is -2.13. The second-order valence-electron chi connectivity index (χ2n) is 4.54. The summed E-state index contributed by atoms with van der Waals surface area (Å²) in [5.41, 5.74) is 0. The quantitative estimate of drug-likeness (QED) is 0.649. The molecule has 0 atom stereocenters. The summed E-state index contributed by atoms with van der Waals surface area (Å²) in [6, 6.07) is 0.249. The highest BCUT2D eigenvalue weighted by Crippen LogP contribution is 2.46. The summed E-state index contributed by atoms with van der Waals surface area (Å²) in [6.07, 6.45) is 5.39. The van der Waals surface area contributed by atoms with Crippen LogP contribution in [0.5, 0.6) is 0 Å². The molecule has 1 saturated carbocycles. The van der Waals surface area contributed by atoms with Crippen molar-refractivity contribution in [1.82, 2.24) is 10.6 Å². The van der Waals surface area contributed by atoms with Gasteiger partial charge in [-0.2, -0.15) is 11.8 Å². The molecule has 1 aliphatic rings. The standard InChI is InChI=1S/C11H22N2OS/c1-9(2)13-10(14)4-7-12-8-11(15-3)5-6-11/h9,12H,4-8H2,1-3H3,(H,13,14). The molecule has 0 heterocycles. The van der Waals surface area contributed by atoms with Crippen LogP contribution >= 0.6 is 11.8 Å². The van der Waals surface area contributed by atoms with E-state index in [0.29, 0.717) is 11.2 Å². The minimum absolute atomic E-state index is 0.145. The van der Waals surface area contributed by atoms with Crippen molar-refractivity contribution in [3.05, 3.63) is 0 Å². The number of nitrogens with one attached hydrogen (secondary N) is 2. The van der Waals surface area contributed by atoms with Gasteiger partial charge in [0.15, 0.2) is 0 Å². The number of rotatable bonds is 7. The third-order valence-corrected chi connectivity index (χ3v) is 4.08. The second-order valence-corrected chi connectivity index (χ2v) is 5.81. The summed E-state index contributed by atoms with van der Waals surface area (Å²) in [4.78, 5) is 11.3. The zero-order chi connectivity index (χ0) is 11.3. The van der Waals surface area contributed by atoms with Crippen molar-refractivity contribution in [3.63, 3.8) is 0 Å². The van der Waals surface area contributed by atoms with E-state index in [1.54, 1.807) is 0 Å². The first-order valence-electron chi connectivity index (χ1n) is 5.63. The molecule has 0 aromatic heterocycles. The molecule has 1 rings (SSSR count). The average Bonchev–Trinajstić information content (AvgIpc) is 2.92. The zero-order valence-corrected chi connectivity index (χ0v) is 10.7. The van der Waals surface area contributed by atoms with Crippen LogP contribution in [0.4, 0.5) is 0 Å². The molecule has 1 fully saturated rings. The van der Waals surface area contributed by atoms with Gasteiger partial charge in [-0.1, -0.05) is 0 Å². The molecule has 0 bridgehead atoms. The van der Waals surface area contributed by atoms with E-state index in [-0.39, 0.29) is 11.9 Å². The smallest absolute Gasteiger partial charge is 0.221 e. The van der Waals surface area contributed by atoms with Gasteiger partial charge in [0.25, 0.3) is 0 Å². The van der Waals surface area contributed by atoms with Crippen molar-refractivity contribution in [2.24, 2.45) is 0 Å². The van der Waals surface area contributed by atoms with Gasteiger partial charge in [0.2, 0.25) is 5.91 Å².